The molecule has 0 unspecified atom stereocenters. The molecule has 0 saturated heterocycles. The Balaban J connectivity index is 1.80. The Morgan fingerprint density at radius 1 is 0.769 bits per heavy atom. The molecule has 0 saturated carbocycles. The van der Waals surface area contributed by atoms with Crippen molar-refractivity contribution >= 4 is 11.0 Å². The van der Waals surface area contributed by atoms with Crippen molar-refractivity contribution in [1.82, 2.24) is 19.1 Å². The van der Waals surface area contributed by atoms with E-state index in [1.165, 1.54) is 11.6 Å². The number of aryl methyl sites for hydroxylation is 2. The predicted octanol–water partition coefficient (Wildman–Crippen LogP) is 1.60. The van der Waals surface area contributed by atoms with Crippen LogP contribution >= 0.6 is 0 Å². The molecule has 6 nitrogen and oxygen atoms in total. The Bertz CT molecular complexity index is 1000. The minimum absolute atomic E-state index is 0.715. The van der Waals surface area contributed by atoms with E-state index < -0.39 is 0 Å². The highest BCUT2D eigenvalue weighted by molar-refractivity contribution is 5.74. The van der Waals surface area contributed by atoms with E-state index in [1.54, 1.807) is 0 Å². The number of aromatic nitrogens is 6. The molecule has 0 amide bonds. The van der Waals surface area contributed by atoms with Crippen LogP contribution in [0.1, 0.15) is 23.0 Å². The molecular formula is C20H24N6+2. The van der Waals surface area contributed by atoms with Gasteiger partial charge < -0.3 is 0 Å². The Morgan fingerprint density at radius 3 is 1.54 bits per heavy atom. The topological polar surface area (TPSA) is 43.4 Å². The summed E-state index contributed by atoms with van der Waals surface area (Å²) >= 11 is 0. The molecule has 0 fully saturated rings. The largest absolute Gasteiger partial charge is 0.253 e. The van der Waals surface area contributed by atoms with Gasteiger partial charge in [-0.3, -0.25) is 0 Å². The molecule has 0 aliphatic carbocycles. The SMILES string of the molecule is Cc1n(Cc2nc3ccccc3nc2Cn2cc[n+](C)c2C)cc[n+]1C. The van der Waals surface area contributed by atoms with E-state index in [0.717, 1.165) is 22.4 Å². The normalized spacial score (nSPS) is 11.4. The van der Waals surface area contributed by atoms with Gasteiger partial charge in [0.15, 0.2) is 0 Å². The van der Waals surface area contributed by atoms with E-state index in [-0.39, 0.29) is 0 Å². The van der Waals surface area contributed by atoms with E-state index in [0.29, 0.717) is 13.1 Å². The maximum absolute atomic E-state index is 4.94. The van der Waals surface area contributed by atoms with Crippen molar-refractivity contribution in [3.05, 3.63) is 72.1 Å². The summed E-state index contributed by atoms with van der Waals surface area (Å²) in [7, 11) is 4.12. The van der Waals surface area contributed by atoms with Crippen LogP contribution in [0.4, 0.5) is 0 Å². The molecule has 0 atom stereocenters. The van der Waals surface area contributed by atoms with Gasteiger partial charge in [-0.05, 0) is 12.1 Å². The average Bonchev–Trinajstić information content (AvgIpc) is 3.12. The minimum Gasteiger partial charge on any atom is -0.245 e. The number of hydrogen-bond donors (Lipinski definition) is 0. The van der Waals surface area contributed by atoms with Gasteiger partial charge in [0.2, 0.25) is 0 Å². The quantitative estimate of drug-likeness (QED) is 0.526. The van der Waals surface area contributed by atoms with Gasteiger partial charge in [-0.2, -0.15) is 0 Å². The van der Waals surface area contributed by atoms with Crippen LogP contribution in [0.15, 0.2) is 49.1 Å². The van der Waals surface area contributed by atoms with E-state index in [1.807, 2.05) is 24.3 Å². The highest BCUT2D eigenvalue weighted by Gasteiger charge is 2.18. The summed E-state index contributed by atoms with van der Waals surface area (Å²) in [4.78, 5) is 9.88. The first kappa shape index (κ1) is 16.4. The molecule has 4 rings (SSSR count). The highest BCUT2D eigenvalue weighted by Crippen LogP contribution is 2.16. The molecular weight excluding hydrogens is 324 g/mol. The third kappa shape index (κ3) is 2.87. The van der Waals surface area contributed by atoms with Crippen molar-refractivity contribution < 1.29 is 9.13 Å². The highest BCUT2D eigenvalue weighted by atomic mass is 15.2. The summed E-state index contributed by atoms with van der Waals surface area (Å²) in [5.41, 5.74) is 3.91. The van der Waals surface area contributed by atoms with Gasteiger partial charge in [0.05, 0.1) is 25.1 Å². The van der Waals surface area contributed by atoms with Crippen molar-refractivity contribution in [3.8, 4) is 0 Å². The zero-order chi connectivity index (χ0) is 18.3. The zero-order valence-corrected chi connectivity index (χ0v) is 15.7. The average molecular weight is 348 g/mol. The number of fused-ring (bicyclic) bond motifs is 1. The van der Waals surface area contributed by atoms with Crippen molar-refractivity contribution in [2.45, 2.75) is 26.9 Å². The van der Waals surface area contributed by atoms with Gasteiger partial charge >= 0.3 is 0 Å². The Hall–Kier alpha value is -3.02. The Kier molecular flexibility index (Phi) is 4.03. The predicted molar refractivity (Wildman–Crippen MR) is 98.4 cm³/mol. The number of hydrogen-bond acceptors (Lipinski definition) is 2. The van der Waals surface area contributed by atoms with Gasteiger partial charge in [-0.25, -0.2) is 28.2 Å². The Labute approximate surface area is 153 Å². The van der Waals surface area contributed by atoms with Gasteiger partial charge in [0.25, 0.3) is 11.6 Å². The summed E-state index contributed by atoms with van der Waals surface area (Å²) in [6, 6.07) is 8.08. The summed E-state index contributed by atoms with van der Waals surface area (Å²) in [6.07, 6.45) is 8.33. The maximum Gasteiger partial charge on any atom is 0.253 e. The van der Waals surface area contributed by atoms with Gasteiger partial charge in [-0.15, -0.1) is 0 Å². The third-order valence-electron chi connectivity index (χ3n) is 5.16. The second-order valence-electron chi connectivity index (χ2n) is 6.77. The number of para-hydroxylation sites is 2. The van der Waals surface area contributed by atoms with Crippen molar-refractivity contribution in [2.75, 3.05) is 0 Å². The van der Waals surface area contributed by atoms with Crippen molar-refractivity contribution in [1.29, 1.82) is 0 Å². The van der Waals surface area contributed by atoms with E-state index >= 15 is 0 Å². The molecule has 4 aromatic rings. The van der Waals surface area contributed by atoms with E-state index in [4.69, 9.17) is 9.97 Å². The van der Waals surface area contributed by atoms with Crippen LogP contribution in [0.25, 0.3) is 11.0 Å². The molecule has 6 heteroatoms. The lowest BCUT2D eigenvalue weighted by molar-refractivity contribution is -0.677. The summed E-state index contributed by atoms with van der Waals surface area (Å²) in [5.74, 6) is 2.38. The number of imidazole rings is 2. The van der Waals surface area contributed by atoms with Crippen LogP contribution in [-0.4, -0.2) is 19.1 Å². The second kappa shape index (κ2) is 6.37. The molecule has 132 valence electrons. The van der Waals surface area contributed by atoms with Crippen LogP contribution in [-0.2, 0) is 27.2 Å². The number of rotatable bonds is 4. The lowest BCUT2D eigenvalue weighted by Crippen LogP contribution is -2.30. The maximum atomic E-state index is 4.94. The molecule has 0 aliphatic heterocycles. The first-order valence-corrected chi connectivity index (χ1v) is 8.80. The summed E-state index contributed by atoms with van der Waals surface area (Å²) in [5, 5.41) is 0. The molecule has 0 aliphatic rings. The van der Waals surface area contributed by atoms with Crippen LogP contribution in [0.2, 0.25) is 0 Å². The van der Waals surface area contributed by atoms with Gasteiger partial charge in [-0.1, -0.05) is 12.1 Å². The van der Waals surface area contributed by atoms with Crippen molar-refractivity contribution in [3.63, 3.8) is 0 Å². The first-order valence-electron chi connectivity index (χ1n) is 8.80. The number of benzene rings is 1. The van der Waals surface area contributed by atoms with Crippen LogP contribution < -0.4 is 9.13 Å². The lowest BCUT2D eigenvalue weighted by Gasteiger charge is -2.08. The van der Waals surface area contributed by atoms with Gasteiger partial charge in [0, 0.05) is 13.8 Å². The van der Waals surface area contributed by atoms with E-state index in [9.17, 15) is 0 Å². The molecule has 0 radical (unpaired) electrons. The molecule has 3 heterocycles. The molecule has 0 bridgehead atoms. The third-order valence-corrected chi connectivity index (χ3v) is 5.16. The fourth-order valence-corrected chi connectivity index (χ4v) is 3.18. The zero-order valence-electron chi connectivity index (χ0n) is 15.7. The first-order chi connectivity index (χ1) is 12.5. The van der Waals surface area contributed by atoms with Crippen LogP contribution in [0.5, 0.6) is 0 Å². The lowest BCUT2D eigenvalue weighted by atomic mass is 10.2. The summed E-state index contributed by atoms with van der Waals surface area (Å²) < 4.78 is 8.66. The fraction of sp³-hybridized carbons (Fsp3) is 0.300. The molecule has 0 spiro atoms. The summed E-state index contributed by atoms with van der Waals surface area (Å²) in [6.45, 7) is 5.66. The standard InChI is InChI=1S/C20H24N6/c1-15-23(3)9-11-25(15)13-19-20(14-26-12-10-24(4)16(26)2)22-18-8-6-5-7-17(18)21-19/h5-12H,13-14H2,1-4H3/q+2. The molecule has 0 N–H and O–H groups in total. The van der Waals surface area contributed by atoms with Crippen LogP contribution in [0.3, 0.4) is 0 Å². The monoisotopic (exact) mass is 348 g/mol. The Morgan fingerprint density at radius 2 is 1.19 bits per heavy atom. The van der Waals surface area contributed by atoms with Crippen LogP contribution in [0, 0.1) is 13.8 Å². The second-order valence-corrected chi connectivity index (χ2v) is 6.77. The van der Waals surface area contributed by atoms with Gasteiger partial charge in [0.1, 0.15) is 49.3 Å². The minimum atomic E-state index is 0.715. The molecule has 26 heavy (non-hydrogen) atoms. The fourth-order valence-electron chi connectivity index (χ4n) is 3.18. The molecule has 1 aromatic carbocycles. The number of nitrogens with zero attached hydrogens (tertiary/aromatic N) is 6. The van der Waals surface area contributed by atoms with E-state index in [2.05, 4.69) is 71.0 Å². The van der Waals surface area contributed by atoms with Crippen molar-refractivity contribution in [2.24, 2.45) is 14.1 Å². The molecule has 3 aromatic heterocycles. The smallest absolute Gasteiger partial charge is 0.245 e.